The second-order valence-corrected chi connectivity index (χ2v) is 4.59. The van der Waals surface area contributed by atoms with Crippen LogP contribution in [0.5, 0.6) is 0 Å². The molecule has 0 aliphatic carbocycles. The van der Waals surface area contributed by atoms with E-state index in [1.54, 1.807) is 0 Å². The molecule has 3 nitrogen and oxygen atoms in total. The van der Waals surface area contributed by atoms with Gasteiger partial charge < -0.3 is 9.47 Å². The summed E-state index contributed by atoms with van der Waals surface area (Å²) in [4.78, 5) is 11.9. The van der Waals surface area contributed by atoms with Gasteiger partial charge in [0.15, 0.2) is 0 Å². The van der Waals surface area contributed by atoms with Crippen LogP contribution in [0.2, 0.25) is 0 Å². The van der Waals surface area contributed by atoms with Crippen LogP contribution in [0.3, 0.4) is 0 Å². The molecule has 0 radical (unpaired) electrons. The fraction of sp³-hybridized carbons (Fsp3) is 0.105. The van der Waals surface area contributed by atoms with Gasteiger partial charge in [-0.25, -0.2) is 4.79 Å². The molecular formula is C19H18O3. The van der Waals surface area contributed by atoms with Crippen molar-refractivity contribution in [2.45, 2.75) is 0 Å². The molecule has 0 heterocycles. The number of rotatable bonds is 5. The molecule has 0 atom stereocenters. The molecule has 0 unspecified atom stereocenters. The van der Waals surface area contributed by atoms with Crippen molar-refractivity contribution in [3.8, 4) is 0 Å². The molecule has 0 aromatic heterocycles. The summed E-state index contributed by atoms with van der Waals surface area (Å²) in [7, 11) is 2.86. The third kappa shape index (κ3) is 3.85. The number of esters is 1. The van der Waals surface area contributed by atoms with Crippen LogP contribution in [0.25, 0.3) is 17.7 Å². The Balaban J connectivity index is 2.40. The maximum atomic E-state index is 11.9. The average Bonchev–Trinajstić information content (AvgIpc) is 2.58. The largest absolute Gasteiger partial charge is 0.503 e. The Hall–Kier alpha value is -2.81. The first-order chi connectivity index (χ1) is 10.8. The second kappa shape index (κ2) is 7.84. The van der Waals surface area contributed by atoms with Gasteiger partial charge in [0.2, 0.25) is 0 Å². The molecule has 2 aromatic rings. The molecule has 0 N–H and O–H groups in total. The standard InChI is InChI=1S/C19H18O3/c1-21-14-18(19(20)22-2)17-11-7-6-10-16(17)13-12-15-8-4-3-5-9-15/h3-14H,1-2H3/b13-12?,18-14-. The quantitative estimate of drug-likeness (QED) is 0.362. The predicted octanol–water partition coefficient (Wildman–Crippen LogP) is 4.02. The van der Waals surface area contributed by atoms with E-state index in [0.717, 1.165) is 16.7 Å². The lowest BCUT2D eigenvalue weighted by molar-refractivity contribution is -0.133. The van der Waals surface area contributed by atoms with Crippen molar-refractivity contribution in [2.24, 2.45) is 0 Å². The second-order valence-electron chi connectivity index (χ2n) is 4.59. The molecule has 3 heteroatoms. The Morgan fingerprint density at radius 2 is 1.59 bits per heavy atom. The molecule has 0 amide bonds. The summed E-state index contributed by atoms with van der Waals surface area (Å²) in [5.74, 6) is -0.428. The molecule has 0 fully saturated rings. The van der Waals surface area contributed by atoms with Gasteiger partial charge in [-0.1, -0.05) is 66.7 Å². The average molecular weight is 294 g/mol. The van der Waals surface area contributed by atoms with Crippen LogP contribution in [0.1, 0.15) is 16.7 Å². The fourth-order valence-electron chi connectivity index (χ4n) is 2.09. The van der Waals surface area contributed by atoms with Crippen LogP contribution in [0.15, 0.2) is 60.9 Å². The lowest BCUT2D eigenvalue weighted by Gasteiger charge is -2.09. The van der Waals surface area contributed by atoms with Gasteiger partial charge in [-0.2, -0.15) is 0 Å². The predicted molar refractivity (Wildman–Crippen MR) is 88.8 cm³/mol. The smallest absolute Gasteiger partial charge is 0.341 e. The number of carbonyl (C=O) groups excluding carboxylic acids is 1. The summed E-state index contributed by atoms with van der Waals surface area (Å²) in [5, 5.41) is 0. The fourth-order valence-corrected chi connectivity index (χ4v) is 2.09. The zero-order valence-electron chi connectivity index (χ0n) is 12.7. The molecule has 22 heavy (non-hydrogen) atoms. The first kappa shape index (κ1) is 15.6. The van der Waals surface area contributed by atoms with Crippen molar-refractivity contribution in [3.63, 3.8) is 0 Å². The Labute approximate surface area is 130 Å². The minimum absolute atomic E-state index is 0.387. The lowest BCUT2D eigenvalue weighted by atomic mass is 9.99. The summed E-state index contributed by atoms with van der Waals surface area (Å²) in [6.45, 7) is 0. The van der Waals surface area contributed by atoms with Crippen LogP contribution >= 0.6 is 0 Å². The number of benzene rings is 2. The SMILES string of the molecule is CO/C=C(\C(=O)OC)c1ccccc1C=Cc1ccccc1. The maximum Gasteiger partial charge on any atom is 0.341 e. The van der Waals surface area contributed by atoms with Crippen molar-refractivity contribution in [2.75, 3.05) is 14.2 Å². The van der Waals surface area contributed by atoms with Gasteiger partial charge in [0.1, 0.15) is 5.57 Å². The monoisotopic (exact) mass is 294 g/mol. The van der Waals surface area contributed by atoms with Crippen LogP contribution in [-0.2, 0) is 14.3 Å². The van der Waals surface area contributed by atoms with Crippen molar-refractivity contribution >= 4 is 23.7 Å². The molecule has 112 valence electrons. The summed E-state index contributed by atoms with van der Waals surface area (Å²) < 4.78 is 9.84. The highest BCUT2D eigenvalue weighted by Crippen LogP contribution is 2.22. The normalized spacial score (nSPS) is 11.5. The van der Waals surface area contributed by atoms with Gasteiger partial charge in [0, 0.05) is 0 Å². The van der Waals surface area contributed by atoms with Crippen LogP contribution < -0.4 is 0 Å². The van der Waals surface area contributed by atoms with E-state index in [2.05, 4.69) is 0 Å². The number of hydrogen-bond acceptors (Lipinski definition) is 3. The van der Waals surface area contributed by atoms with E-state index in [9.17, 15) is 4.79 Å². The Bertz CT molecular complexity index is 685. The molecule has 0 saturated carbocycles. The van der Waals surface area contributed by atoms with E-state index in [1.807, 2.05) is 66.7 Å². The molecule has 0 bridgehead atoms. The topological polar surface area (TPSA) is 35.5 Å². The van der Waals surface area contributed by atoms with Crippen LogP contribution in [0, 0.1) is 0 Å². The molecule has 2 aromatic carbocycles. The van der Waals surface area contributed by atoms with E-state index in [1.165, 1.54) is 20.5 Å². The van der Waals surface area contributed by atoms with E-state index >= 15 is 0 Å². The van der Waals surface area contributed by atoms with Crippen molar-refractivity contribution in [3.05, 3.63) is 77.5 Å². The number of carbonyl (C=O) groups is 1. The van der Waals surface area contributed by atoms with Crippen LogP contribution in [-0.4, -0.2) is 20.2 Å². The minimum Gasteiger partial charge on any atom is -0.503 e. The molecule has 0 spiro atoms. The summed E-state index contributed by atoms with van der Waals surface area (Å²) >= 11 is 0. The van der Waals surface area contributed by atoms with Gasteiger partial charge in [0.25, 0.3) is 0 Å². The Kier molecular flexibility index (Phi) is 5.55. The highest BCUT2D eigenvalue weighted by molar-refractivity contribution is 6.17. The Morgan fingerprint density at radius 1 is 0.909 bits per heavy atom. The van der Waals surface area contributed by atoms with E-state index in [0.29, 0.717) is 5.57 Å². The highest BCUT2D eigenvalue weighted by atomic mass is 16.5. The first-order valence-electron chi connectivity index (χ1n) is 6.90. The van der Waals surface area contributed by atoms with Crippen molar-refractivity contribution in [1.29, 1.82) is 0 Å². The molecule has 0 aliphatic rings. The summed E-state index contributed by atoms with van der Waals surface area (Å²) in [6, 6.07) is 17.6. The van der Waals surface area contributed by atoms with E-state index < -0.39 is 5.97 Å². The molecule has 0 saturated heterocycles. The van der Waals surface area contributed by atoms with Gasteiger partial charge >= 0.3 is 5.97 Å². The van der Waals surface area contributed by atoms with E-state index in [-0.39, 0.29) is 0 Å². The molecule has 0 aliphatic heterocycles. The maximum absolute atomic E-state index is 11.9. The van der Waals surface area contributed by atoms with Gasteiger partial charge in [0.05, 0.1) is 20.5 Å². The highest BCUT2D eigenvalue weighted by Gasteiger charge is 2.15. The van der Waals surface area contributed by atoms with Crippen molar-refractivity contribution < 1.29 is 14.3 Å². The van der Waals surface area contributed by atoms with Gasteiger partial charge in [-0.05, 0) is 16.7 Å². The number of methoxy groups -OCH3 is 2. The zero-order chi connectivity index (χ0) is 15.8. The van der Waals surface area contributed by atoms with Crippen LogP contribution in [0.4, 0.5) is 0 Å². The first-order valence-corrected chi connectivity index (χ1v) is 6.90. The van der Waals surface area contributed by atoms with E-state index in [4.69, 9.17) is 9.47 Å². The molecule has 2 rings (SSSR count). The van der Waals surface area contributed by atoms with Gasteiger partial charge in [-0.3, -0.25) is 0 Å². The lowest BCUT2D eigenvalue weighted by Crippen LogP contribution is -2.05. The number of hydrogen-bond donors (Lipinski definition) is 0. The van der Waals surface area contributed by atoms with Gasteiger partial charge in [-0.15, -0.1) is 0 Å². The summed E-state index contributed by atoms with van der Waals surface area (Å²) in [6.07, 6.45) is 5.37. The molecular weight excluding hydrogens is 276 g/mol. The Morgan fingerprint density at radius 3 is 2.27 bits per heavy atom. The summed E-state index contributed by atoms with van der Waals surface area (Å²) in [5.41, 5.74) is 3.16. The van der Waals surface area contributed by atoms with Crippen molar-refractivity contribution in [1.82, 2.24) is 0 Å². The number of ether oxygens (including phenoxy) is 2. The zero-order valence-corrected chi connectivity index (χ0v) is 12.7. The third-order valence-corrected chi connectivity index (χ3v) is 3.15. The third-order valence-electron chi connectivity index (χ3n) is 3.15. The minimum atomic E-state index is -0.428.